The molecule has 0 bridgehead atoms. The average molecular weight is 483 g/mol. The number of nitrogens with two attached hydrogens (primary N) is 1. The molecule has 8 nitrogen and oxygen atoms in total. The van der Waals surface area contributed by atoms with Gasteiger partial charge in [-0.3, -0.25) is 4.79 Å². The van der Waals surface area contributed by atoms with Crippen molar-refractivity contribution >= 4 is 41.3 Å². The molecule has 0 aromatic heterocycles. The summed E-state index contributed by atoms with van der Waals surface area (Å²) in [5, 5.41) is 2.95. The molecule has 1 atom stereocenters. The molecule has 0 radical (unpaired) electrons. The highest BCUT2D eigenvalue weighted by atomic mass is 16.1. The number of nitrogens with zero attached hydrogens (tertiary/aromatic N) is 4. The van der Waals surface area contributed by atoms with Gasteiger partial charge in [-0.05, 0) is 55.1 Å². The van der Waals surface area contributed by atoms with Crippen molar-refractivity contribution < 1.29 is 9.59 Å². The monoisotopic (exact) mass is 482 g/mol. The number of carbonyl (C=O) groups is 2. The van der Waals surface area contributed by atoms with Crippen LogP contribution < -0.4 is 20.9 Å². The van der Waals surface area contributed by atoms with Gasteiger partial charge in [0.05, 0.1) is 12.0 Å². The summed E-state index contributed by atoms with van der Waals surface area (Å²) in [4.78, 5) is 36.3. The molecule has 2 aliphatic rings. The Balaban J connectivity index is 1.45. The molecule has 3 aromatic rings. The molecule has 3 aromatic carbocycles. The first-order chi connectivity index (χ1) is 17.6. The Kier molecular flexibility index (Phi) is 6.79. The minimum absolute atomic E-state index is 0.205. The summed E-state index contributed by atoms with van der Waals surface area (Å²) in [7, 11) is 2.13. The number of amides is 1. The molecule has 184 valence electrons. The summed E-state index contributed by atoms with van der Waals surface area (Å²) in [6.07, 6.45) is 2.61. The second-order valence-corrected chi connectivity index (χ2v) is 9.13. The summed E-state index contributed by atoms with van der Waals surface area (Å²) in [6, 6.07) is 20.2. The first-order valence-electron chi connectivity index (χ1n) is 12.1. The lowest BCUT2D eigenvalue weighted by molar-refractivity contribution is -0.108. The summed E-state index contributed by atoms with van der Waals surface area (Å²) in [5.74, 6) is -0.205. The van der Waals surface area contributed by atoms with Crippen LogP contribution in [0.3, 0.4) is 0 Å². The van der Waals surface area contributed by atoms with Crippen LogP contribution in [0.1, 0.15) is 27.5 Å². The number of aliphatic imine (C=N–C) groups is 1. The van der Waals surface area contributed by atoms with Crippen molar-refractivity contribution in [1.29, 1.82) is 0 Å². The number of rotatable bonds is 6. The topological polar surface area (TPSA) is 94.3 Å². The third kappa shape index (κ3) is 4.73. The van der Waals surface area contributed by atoms with Crippen molar-refractivity contribution in [1.82, 2.24) is 4.90 Å². The molecule has 1 unspecified atom stereocenters. The fraction of sp³-hybridized carbons (Fsp3) is 0.250. The number of likely N-dealkylation sites (N-methyl/N-ethyl adjacent to an activating group) is 1. The van der Waals surface area contributed by atoms with E-state index in [9.17, 15) is 9.59 Å². The van der Waals surface area contributed by atoms with Crippen molar-refractivity contribution in [2.75, 3.05) is 48.3 Å². The van der Waals surface area contributed by atoms with Gasteiger partial charge >= 0.3 is 0 Å². The van der Waals surface area contributed by atoms with Crippen molar-refractivity contribution in [2.24, 2.45) is 10.7 Å². The maximum absolute atomic E-state index is 12.7. The third-order valence-corrected chi connectivity index (χ3v) is 6.83. The summed E-state index contributed by atoms with van der Waals surface area (Å²) in [5.41, 5.74) is 11.6. The van der Waals surface area contributed by atoms with Crippen LogP contribution in [0.2, 0.25) is 0 Å². The summed E-state index contributed by atoms with van der Waals surface area (Å²) in [6.45, 7) is 4.16. The standard InChI is InChI=1S/C28H30N6O2/c1-32-11-13-33(14-12-32)23-9-10-25-24(16-23)27(18-35)34(19-30-25)26-15-22(8-7-21(26)17-29)31-28(36)20-5-3-2-4-6-20/h2-10,15-16,18-19,27H,11-14,17,29H2,1H3,(H,31,36). The van der Waals surface area contributed by atoms with Gasteiger partial charge in [0, 0.05) is 60.9 Å². The van der Waals surface area contributed by atoms with E-state index in [0.29, 0.717) is 11.3 Å². The van der Waals surface area contributed by atoms with Gasteiger partial charge in [-0.1, -0.05) is 24.3 Å². The van der Waals surface area contributed by atoms with Crippen LogP contribution in [0.4, 0.5) is 22.7 Å². The number of hydrogen-bond donors (Lipinski definition) is 2. The van der Waals surface area contributed by atoms with Gasteiger partial charge in [-0.2, -0.15) is 0 Å². The van der Waals surface area contributed by atoms with Crippen molar-refractivity contribution in [2.45, 2.75) is 12.6 Å². The maximum Gasteiger partial charge on any atom is 0.255 e. The number of aldehydes is 1. The maximum atomic E-state index is 12.7. The van der Waals surface area contributed by atoms with Crippen LogP contribution in [0, 0.1) is 0 Å². The molecule has 36 heavy (non-hydrogen) atoms. The van der Waals surface area contributed by atoms with Crippen LogP contribution in [0.5, 0.6) is 0 Å². The molecular formula is C28H30N6O2. The number of nitrogens with one attached hydrogen (secondary N) is 1. The lowest BCUT2D eigenvalue weighted by atomic mass is 9.99. The second kappa shape index (κ2) is 10.3. The van der Waals surface area contributed by atoms with E-state index in [-0.39, 0.29) is 12.5 Å². The zero-order chi connectivity index (χ0) is 25.1. The van der Waals surface area contributed by atoms with Gasteiger partial charge in [-0.25, -0.2) is 4.99 Å². The van der Waals surface area contributed by atoms with Crippen molar-refractivity contribution in [3.05, 3.63) is 83.4 Å². The number of anilines is 3. The molecule has 3 N–H and O–H groups in total. The number of carbonyl (C=O) groups excluding carboxylic acids is 2. The van der Waals surface area contributed by atoms with Crippen molar-refractivity contribution in [3.8, 4) is 0 Å². The second-order valence-electron chi connectivity index (χ2n) is 9.13. The highest BCUT2D eigenvalue weighted by Crippen LogP contribution is 2.39. The van der Waals surface area contributed by atoms with Crippen LogP contribution in [0.25, 0.3) is 0 Å². The Morgan fingerprint density at radius 3 is 2.56 bits per heavy atom. The fourth-order valence-corrected chi connectivity index (χ4v) is 4.70. The van der Waals surface area contributed by atoms with E-state index >= 15 is 0 Å². The number of fused-ring (bicyclic) bond motifs is 1. The van der Waals surface area contributed by atoms with E-state index in [0.717, 1.165) is 60.7 Å². The smallest absolute Gasteiger partial charge is 0.255 e. The molecule has 5 rings (SSSR count). The van der Waals surface area contributed by atoms with E-state index in [1.54, 1.807) is 18.5 Å². The number of piperazine rings is 1. The predicted octanol–water partition coefficient (Wildman–Crippen LogP) is 3.57. The molecule has 0 spiro atoms. The molecule has 1 amide bonds. The predicted molar refractivity (Wildman–Crippen MR) is 144 cm³/mol. The fourth-order valence-electron chi connectivity index (χ4n) is 4.70. The summed E-state index contributed by atoms with van der Waals surface area (Å²) < 4.78 is 0. The Morgan fingerprint density at radius 2 is 1.83 bits per heavy atom. The van der Waals surface area contributed by atoms with E-state index in [1.807, 2.05) is 47.4 Å². The van der Waals surface area contributed by atoms with E-state index < -0.39 is 6.04 Å². The lowest BCUT2D eigenvalue weighted by Gasteiger charge is -2.36. The van der Waals surface area contributed by atoms with Crippen LogP contribution in [0.15, 0.2) is 71.7 Å². The number of hydrogen-bond acceptors (Lipinski definition) is 7. The molecular weight excluding hydrogens is 452 g/mol. The minimum atomic E-state index is -0.560. The highest BCUT2D eigenvalue weighted by molar-refractivity contribution is 6.05. The zero-order valence-corrected chi connectivity index (χ0v) is 20.3. The molecule has 8 heteroatoms. The van der Waals surface area contributed by atoms with Crippen LogP contribution >= 0.6 is 0 Å². The molecule has 0 saturated carbocycles. The minimum Gasteiger partial charge on any atom is -0.369 e. The molecule has 0 aliphatic carbocycles. The number of benzene rings is 3. The Bertz CT molecular complexity index is 1280. The molecule has 2 heterocycles. The van der Waals surface area contributed by atoms with E-state index in [1.165, 1.54) is 0 Å². The Morgan fingerprint density at radius 1 is 1.06 bits per heavy atom. The highest BCUT2D eigenvalue weighted by Gasteiger charge is 2.28. The average Bonchev–Trinajstić information content (AvgIpc) is 2.93. The van der Waals surface area contributed by atoms with Gasteiger partial charge < -0.3 is 30.5 Å². The van der Waals surface area contributed by atoms with Gasteiger partial charge in [0.15, 0.2) is 0 Å². The van der Waals surface area contributed by atoms with Crippen LogP contribution in [-0.2, 0) is 11.3 Å². The quantitative estimate of drug-likeness (QED) is 0.522. The van der Waals surface area contributed by atoms with Gasteiger partial charge in [0.2, 0.25) is 0 Å². The van der Waals surface area contributed by atoms with Crippen molar-refractivity contribution in [3.63, 3.8) is 0 Å². The Hall–Kier alpha value is -4.01. The van der Waals surface area contributed by atoms with E-state index in [4.69, 9.17) is 5.73 Å². The largest absolute Gasteiger partial charge is 0.369 e. The first kappa shape index (κ1) is 23.7. The van der Waals surface area contributed by atoms with E-state index in [2.05, 4.69) is 39.3 Å². The molecule has 1 saturated heterocycles. The Labute approximate surface area is 211 Å². The first-order valence-corrected chi connectivity index (χ1v) is 12.1. The lowest BCUT2D eigenvalue weighted by Crippen LogP contribution is -2.44. The third-order valence-electron chi connectivity index (χ3n) is 6.83. The van der Waals surface area contributed by atoms with Crippen LogP contribution in [-0.4, -0.2) is 56.7 Å². The van der Waals surface area contributed by atoms with Gasteiger partial charge in [-0.15, -0.1) is 0 Å². The molecule has 2 aliphatic heterocycles. The van der Waals surface area contributed by atoms with Gasteiger partial charge in [0.25, 0.3) is 5.91 Å². The molecule has 1 fully saturated rings. The normalized spacial score (nSPS) is 17.6. The zero-order valence-electron chi connectivity index (χ0n) is 20.3. The summed E-state index contributed by atoms with van der Waals surface area (Å²) >= 11 is 0. The SMILES string of the molecule is CN1CCN(c2ccc3c(c2)C(C=O)N(c2cc(NC(=O)c4ccccc4)ccc2CN)C=N3)CC1. The van der Waals surface area contributed by atoms with Gasteiger partial charge in [0.1, 0.15) is 12.3 Å².